The van der Waals surface area contributed by atoms with Crippen LogP contribution in [0.25, 0.3) is 21.9 Å². The van der Waals surface area contributed by atoms with Gasteiger partial charge in [-0.2, -0.15) is 4.57 Å². The van der Waals surface area contributed by atoms with Gasteiger partial charge in [0.2, 0.25) is 5.52 Å². The van der Waals surface area contributed by atoms with Crippen molar-refractivity contribution in [3.05, 3.63) is 101 Å². The Morgan fingerprint density at radius 3 is 2.43 bits per heavy atom. The molecule has 0 radical (unpaired) electrons. The summed E-state index contributed by atoms with van der Waals surface area (Å²) in [7, 11) is 3.43. The summed E-state index contributed by atoms with van der Waals surface area (Å²) in [6, 6.07) is 23.1. The van der Waals surface area contributed by atoms with Gasteiger partial charge in [-0.05, 0) is 61.4 Å². The van der Waals surface area contributed by atoms with Gasteiger partial charge >= 0.3 is 0 Å². The number of allylic oxidation sites excluding steroid dienone is 4. The largest absolute Gasteiger partial charge is 0.497 e. The van der Waals surface area contributed by atoms with Crippen LogP contribution in [0.5, 0.6) is 11.5 Å². The van der Waals surface area contributed by atoms with E-state index >= 15 is 0 Å². The van der Waals surface area contributed by atoms with Crippen molar-refractivity contribution in [2.24, 2.45) is 0 Å². The summed E-state index contributed by atoms with van der Waals surface area (Å²) >= 11 is 3.60. The SMILES string of the molecule is CCN1\C(=C/C=C(/C=C/c2sc3ccc(OC)cc3[n+]2CC)c2ccccc2)Sc2ccc(OC)cc21. The Morgan fingerprint density at radius 1 is 0.946 bits per heavy atom. The molecule has 0 fully saturated rings. The summed E-state index contributed by atoms with van der Waals surface area (Å²) in [5, 5.41) is 2.43. The molecule has 188 valence electrons. The van der Waals surface area contributed by atoms with E-state index < -0.39 is 0 Å². The van der Waals surface area contributed by atoms with Crippen molar-refractivity contribution < 1.29 is 14.0 Å². The maximum absolute atomic E-state index is 5.47. The normalized spacial score (nSPS) is 14.6. The molecule has 6 heteroatoms. The average molecular weight is 528 g/mol. The maximum atomic E-state index is 5.47. The van der Waals surface area contributed by atoms with E-state index in [1.807, 2.05) is 12.1 Å². The molecule has 0 atom stereocenters. The van der Waals surface area contributed by atoms with Gasteiger partial charge in [-0.25, -0.2) is 0 Å². The van der Waals surface area contributed by atoms with Crippen LogP contribution in [0.4, 0.5) is 5.69 Å². The van der Waals surface area contributed by atoms with Crippen molar-refractivity contribution in [3.63, 3.8) is 0 Å². The molecule has 0 aliphatic carbocycles. The van der Waals surface area contributed by atoms with Gasteiger partial charge in [0, 0.05) is 23.6 Å². The molecule has 0 saturated heterocycles. The van der Waals surface area contributed by atoms with Gasteiger partial charge in [0.15, 0.2) is 0 Å². The molecule has 1 aliphatic rings. The Hall–Kier alpha value is -3.48. The number of thiazole rings is 1. The Labute approximate surface area is 227 Å². The van der Waals surface area contributed by atoms with E-state index in [0.29, 0.717) is 0 Å². The Balaban J connectivity index is 1.52. The summed E-state index contributed by atoms with van der Waals surface area (Å²) in [6.07, 6.45) is 8.92. The number of hydrogen-bond donors (Lipinski definition) is 0. The van der Waals surface area contributed by atoms with Gasteiger partial charge < -0.3 is 14.4 Å². The second kappa shape index (κ2) is 11.3. The molecule has 5 rings (SSSR count). The van der Waals surface area contributed by atoms with Crippen molar-refractivity contribution in [3.8, 4) is 11.5 Å². The van der Waals surface area contributed by atoms with Gasteiger partial charge in [0.1, 0.15) is 22.7 Å². The van der Waals surface area contributed by atoms with Gasteiger partial charge in [-0.1, -0.05) is 59.5 Å². The van der Waals surface area contributed by atoms with Gasteiger partial charge in [0.25, 0.3) is 5.01 Å². The molecule has 0 amide bonds. The van der Waals surface area contributed by atoms with Crippen LogP contribution in [-0.2, 0) is 6.54 Å². The molecule has 3 aromatic carbocycles. The highest BCUT2D eigenvalue weighted by Crippen LogP contribution is 2.47. The maximum Gasteiger partial charge on any atom is 0.262 e. The predicted molar refractivity (Wildman–Crippen MR) is 158 cm³/mol. The molecule has 4 nitrogen and oxygen atoms in total. The Morgan fingerprint density at radius 2 is 1.70 bits per heavy atom. The van der Waals surface area contributed by atoms with Crippen molar-refractivity contribution >= 4 is 50.7 Å². The van der Waals surface area contributed by atoms with Crippen molar-refractivity contribution in [2.75, 3.05) is 25.7 Å². The first-order chi connectivity index (χ1) is 18.1. The van der Waals surface area contributed by atoms with E-state index in [1.165, 1.54) is 36.4 Å². The lowest BCUT2D eigenvalue weighted by atomic mass is 10.1. The highest BCUT2D eigenvalue weighted by molar-refractivity contribution is 8.03. The lowest BCUT2D eigenvalue weighted by Crippen LogP contribution is -2.33. The second-order valence-corrected chi connectivity index (χ2v) is 10.6. The van der Waals surface area contributed by atoms with Crippen molar-refractivity contribution in [1.82, 2.24) is 0 Å². The van der Waals surface area contributed by atoms with Crippen LogP contribution < -0.4 is 18.9 Å². The van der Waals surface area contributed by atoms with Crippen LogP contribution >= 0.6 is 23.1 Å². The van der Waals surface area contributed by atoms with E-state index in [4.69, 9.17) is 9.47 Å². The van der Waals surface area contributed by atoms with Crippen LogP contribution in [0, 0.1) is 0 Å². The van der Waals surface area contributed by atoms with E-state index in [-0.39, 0.29) is 0 Å². The number of rotatable bonds is 8. The summed E-state index contributed by atoms with van der Waals surface area (Å²) in [6.45, 7) is 6.16. The summed E-state index contributed by atoms with van der Waals surface area (Å²) < 4.78 is 14.5. The number of anilines is 1. The predicted octanol–water partition coefficient (Wildman–Crippen LogP) is 7.80. The first-order valence-electron chi connectivity index (χ1n) is 12.4. The summed E-state index contributed by atoms with van der Waals surface area (Å²) in [5.41, 5.74) is 4.75. The molecular formula is C31H31N2O2S2+. The molecule has 4 aromatic rings. The molecule has 2 heterocycles. The average Bonchev–Trinajstić information content (AvgIpc) is 3.49. The second-order valence-electron chi connectivity index (χ2n) is 8.52. The third kappa shape index (κ3) is 5.17. The third-order valence-corrected chi connectivity index (χ3v) is 8.69. The number of fused-ring (bicyclic) bond motifs is 2. The number of aryl methyl sites for hydroxylation is 1. The first kappa shape index (κ1) is 25.2. The standard InChI is InChI=1S/C31H31N2O2S2/c1-5-32-26-20-24(34-3)14-16-28(26)36-30(32)18-12-23(22-10-8-7-9-11-22)13-19-31-33(6-2)27-21-25(35-4)15-17-29(27)37-31/h7-21H,5-6H2,1-4H3/q+1. The van der Waals surface area contributed by atoms with E-state index in [1.54, 1.807) is 37.3 Å². The van der Waals surface area contributed by atoms with Gasteiger partial charge in [-0.3, -0.25) is 0 Å². The zero-order valence-corrected chi connectivity index (χ0v) is 23.2. The molecular weight excluding hydrogens is 496 g/mol. The minimum atomic E-state index is 0.882. The van der Waals surface area contributed by atoms with E-state index in [9.17, 15) is 0 Å². The molecule has 1 aromatic heterocycles. The molecule has 0 bridgehead atoms. The van der Waals surface area contributed by atoms with Crippen LogP contribution in [0.15, 0.2) is 94.9 Å². The van der Waals surface area contributed by atoms with Gasteiger partial charge in [-0.15, -0.1) is 0 Å². The molecule has 0 unspecified atom stereocenters. The fraction of sp³-hybridized carbons (Fsp3) is 0.194. The smallest absolute Gasteiger partial charge is 0.262 e. The zero-order chi connectivity index (χ0) is 25.8. The third-order valence-electron chi connectivity index (χ3n) is 6.43. The number of aromatic nitrogens is 1. The van der Waals surface area contributed by atoms with Crippen LogP contribution in [0.2, 0.25) is 0 Å². The van der Waals surface area contributed by atoms with Gasteiger partial charge in [0.05, 0.1) is 31.0 Å². The zero-order valence-electron chi connectivity index (χ0n) is 21.6. The molecule has 0 saturated carbocycles. The lowest BCUT2D eigenvalue weighted by molar-refractivity contribution is -0.665. The van der Waals surface area contributed by atoms with Crippen LogP contribution in [0.1, 0.15) is 24.4 Å². The monoisotopic (exact) mass is 527 g/mol. The Kier molecular flexibility index (Phi) is 7.68. The minimum absolute atomic E-state index is 0.882. The van der Waals surface area contributed by atoms with Crippen LogP contribution in [0.3, 0.4) is 0 Å². The highest BCUT2D eigenvalue weighted by Gasteiger charge is 2.24. The number of methoxy groups -OCH3 is 2. The minimum Gasteiger partial charge on any atom is -0.497 e. The van der Waals surface area contributed by atoms with Crippen molar-refractivity contribution in [2.45, 2.75) is 25.3 Å². The number of benzene rings is 3. The molecule has 0 spiro atoms. The lowest BCUT2D eigenvalue weighted by Gasteiger charge is -2.18. The summed E-state index contributed by atoms with van der Waals surface area (Å²) in [5.74, 6) is 1.76. The Bertz CT molecular complexity index is 1500. The van der Waals surface area contributed by atoms with E-state index in [0.717, 1.165) is 30.2 Å². The number of nitrogens with zero attached hydrogens (tertiary/aromatic N) is 2. The fourth-order valence-corrected chi connectivity index (χ4v) is 6.73. The highest BCUT2D eigenvalue weighted by atomic mass is 32.2. The first-order valence-corrected chi connectivity index (χ1v) is 14.1. The molecule has 1 aliphatic heterocycles. The molecule has 0 N–H and O–H groups in total. The van der Waals surface area contributed by atoms with Crippen LogP contribution in [-0.4, -0.2) is 20.8 Å². The number of ether oxygens (including phenoxy) is 2. The number of hydrogen-bond acceptors (Lipinski definition) is 5. The van der Waals surface area contributed by atoms with E-state index in [2.05, 4.69) is 102 Å². The molecule has 37 heavy (non-hydrogen) atoms. The summed E-state index contributed by atoms with van der Waals surface area (Å²) in [4.78, 5) is 3.60. The number of thioether (sulfide) groups is 1. The quantitative estimate of drug-likeness (QED) is 0.172. The van der Waals surface area contributed by atoms with Crippen molar-refractivity contribution in [1.29, 1.82) is 0 Å². The fourth-order valence-electron chi connectivity index (χ4n) is 4.52. The topological polar surface area (TPSA) is 25.6 Å².